The average Bonchev–Trinajstić information content (AvgIpc) is 2.78. The molecule has 0 radical (unpaired) electrons. The molecular weight excluding hydrogens is 321 g/mol. The molecule has 1 unspecified atom stereocenters. The zero-order valence-corrected chi connectivity index (χ0v) is 13.2. The third kappa shape index (κ3) is 3.42. The molecule has 1 aliphatic heterocycles. The average molecular weight is 337 g/mol. The van der Waals surface area contributed by atoms with Gasteiger partial charge in [0.25, 0.3) is 10.0 Å². The highest BCUT2D eigenvalue weighted by Crippen LogP contribution is 2.32. The summed E-state index contributed by atoms with van der Waals surface area (Å²) in [4.78, 5) is 10.8. The number of morpholine rings is 1. The second kappa shape index (κ2) is 5.64. The molecule has 0 bridgehead atoms. The Kier molecular flexibility index (Phi) is 4.39. The van der Waals surface area contributed by atoms with Crippen LogP contribution >= 0.6 is 11.3 Å². The molecule has 21 heavy (non-hydrogen) atoms. The van der Waals surface area contributed by atoms with Crippen LogP contribution in [0.15, 0.2) is 16.3 Å². The number of carbonyl (C=O) groups is 1. The lowest BCUT2D eigenvalue weighted by molar-refractivity contribution is -0.143. The lowest BCUT2D eigenvalue weighted by Crippen LogP contribution is -2.58. The number of thiophene rings is 1. The van der Waals surface area contributed by atoms with Crippen molar-refractivity contribution in [2.45, 2.75) is 36.1 Å². The quantitative estimate of drug-likeness (QED) is 0.901. The van der Waals surface area contributed by atoms with Crippen molar-refractivity contribution in [3.8, 4) is 0 Å². The lowest BCUT2D eigenvalue weighted by Gasteiger charge is -2.43. The highest BCUT2D eigenvalue weighted by atomic mass is 32.2. The Morgan fingerprint density at radius 1 is 1.57 bits per heavy atom. The van der Waals surface area contributed by atoms with E-state index in [-0.39, 0.29) is 23.8 Å². The molecule has 118 valence electrons. The maximum Gasteiger partial charge on any atom is 0.306 e. The summed E-state index contributed by atoms with van der Waals surface area (Å²) >= 11 is 0.551. The molecule has 1 aromatic rings. The van der Waals surface area contributed by atoms with Gasteiger partial charge in [-0.15, -0.1) is 0 Å². The lowest BCUT2D eigenvalue weighted by atomic mass is 10.0. The van der Waals surface area contributed by atoms with Crippen LogP contribution in [0.5, 0.6) is 0 Å². The molecular formula is C12H16FNO5S2. The molecule has 0 spiro atoms. The van der Waals surface area contributed by atoms with Crippen molar-refractivity contribution in [1.82, 2.24) is 4.31 Å². The zero-order chi connectivity index (χ0) is 15.8. The monoisotopic (exact) mass is 337 g/mol. The van der Waals surface area contributed by atoms with E-state index in [1.54, 1.807) is 13.8 Å². The minimum atomic E-state index is -3.88. The summed E-state index contributed by atoms with van der Waals surface area (Å²) in [6, 6.07) is 2.31. The van der Waals surface area contributed by atoms with Crippen LogP contribution in [0.25, 0.3) is 0 Å². The smallest absolute Gasteiger partial charge is 0.306 e. The standard InChI is InChI=1S/C12H16FNO5S2/c1-12(2)7-19-8(5-10(15)16)6-14(12)21(17,18)11-4-3-9(13)20-11/h3-4,8H,5-7H2,1-2H3,(H,15,16). The highest BCUT2D eigenvalue weighted by Gasteiger charge is 2.43. The number of aliphatic carboxylic acids is 1. The summed E-state index contributed by atoms with van der Waals surface area (Å²) in [6.45, 7) is 3.39. The van der Waals surface area contributed by atoms with E-state index in [2.05, 4.69) is 0 Å². The van der Waals surface area contributed by atoms with Crippen molar-refractivity contribution < 1.29 is 27.4 Å². The first-order valence-corrected chi connectivity index (χ1v) is 8.50. The van der Waals surface area contributed by atoms with Gasteiger partial charge in [0.1, 0.15) is 4.21 Å². The highest BCUT2D eigenvalue weighted by molar-refractivity contribution is 7.91. The van der Waals surface area contributed by atoms with Crippen LogP contribution in [-0.4, -0.2) is 48.6 Å². The van der Waals surface area contributed by atoms with Crippen LogP contribution in [-0.2, 0) is 19.6 Å². The molecule has 0 aromatic carbocycles. The van der Waals surface area contributed by atoms with Crippen LogP contribution in [0, 0.1) is 5.13 Å². The fourth-order valence-electron chi connectivity index (χ4n) is 2.17. The molecule has 6 nitrogen and oxygen atoms in total. The summed E-state index contributed by atoms with van der Waals surface area (Å²) in [5, 5.41) is 8.23. The topological polar surface area (TPSA) is 83.9 Å². The molecule has 1 fully saturated rings. The van der Waals surface area contributed by atoms with Crippen molar-refractivity contribution in [2.24, 2.45) is 0 Å². The first kappa shape index (κ1) is 16.3. The van der Waals surface area contributed by atoms with Gasteiger partial charge in [0.15, 0.2) is 5.13 Å². The summed E-state index contributed by atoms with van der Waals surface area (Å²) in [5.41, 5.74) is -0.825. The normalized spacial score (nSPS) is 23.1. The molecule has 0 aliphatic carbocycles. The number of carboxylic acids is 1. The molecule has 1 saturated heterocycles. The van der Waals surface area contributed by atoms with Crippen LogP contribution in [0.3, 0.4) is 0 Å². The van der Waals surface area contributed by atoms with Gasteiger partial charge in [-0.25, -0.2) is 8.42 Å². The molecule has 1 aromatic heterocycles. The van der Waals surface area contributed by atoms with Gasteiger partial charge in [-0.05, 0) is 26.0 Å². The number of sulfonamides is 1. The van der Waals surface area contributed by atoms with Crippen molar-refractivity contribution in [1.29, 1.82) is 0 Å². The molecule has 2 rings (SSSR count). The molecule has 1 N–H and O–H groups in total. The maximum atomic E-state index is 13.1. The molecule has 0 saturated carbocycles. The van der Waals surface area contributed by atoms with Gasteiger partial charge in [0.2, 0.25) is 0 Å². The SMILES string of the molecule is CC1(C)COC(CC(=O)O)CN1S(=O)(=O)c1ccc(F)s1. The second-order valence-corrected chi connectivity index (χ2v) is 8.56. The number of ether oxygens (including phenoxy) is 1. The minimum Gasteiger partial charge on any atom is -0.481 e. The minimum absolute atomic E-state index is 0.0683. The maximum absolute atomic E-state index is 13.1. The van der Waals surface area contributed by atoms with Gasteiger partial charge in [0, 0.05) is 6.54 Å². The van der Waals surface area contributed by atoms with Gasteiger partial charge in [-0.1, -0.05) is 11.3 Å². The Morgan fingerprint density at radius 2 is 2.24 bits per heavy atom. The van der Waals surface area contributed by atoms with Gasteiger partial charge in [-0.3, -0.25) is 4.79 Å². The Bertz CT molecular complexity index is 640. The third-order valence-electron chi connectivity index (χ3n) is 3.21. The summed E-state index contributed by atoms with van der Waals surface area (Å²) in [7, 11) is -3.88. The molecule has 2 heterocycles. The van der Waals surface area contributed by atoms with Crippen molar-refractivity contribution in [3.05, 3.63) is 17.3 Å². The number of hydrogen-bond donors (Lipinski definition) is 1. The van der Waals surface area contributed by atoms with E-state index >= 15 is 0 Å². The van der Waals surface area contributed by atoms with Crippen molar-refractivity contribution in [3.63, 3.8) is 0 Å². The van der Waals surface area contributed by atoms with Gasteiger partial charge in [0.05, 0.1) is 24.7 Å². The first-order valence-electron chi connectivity index (χ1n) is 6.24. The Morgan fingerprint density at radius 3 is 2.76 bits per heavy atom. The fraction of sp³-hybridized carbons (Fsp3) is 0.583. The summed E-state index contributed by atoms with van der Waals surface area (Å²) in [6.07, 6.45) is -0.990. The molecule has 0 amide bonds. The third-order valence-corrected chi connectivity index (χ3v) is 6.63. The van der Waals surface area contributed by atoms with Gasteiger partial charge < -0.3 is 9.84 Å². The van der Waals surface area contributed by atoms with E-state index in [0.717, 1.165) is 6.07 Å². The predicted molar refractivity (Wildman–Crippen MR) is 74.2 cm³/mol. The fourth-order valence-corrected chi connectivity index (χ4v) is 5.08. The Labute approximate surface area is 126 Å². The predicted octanol–water partition coefficient (Wildman–Crippen LogP) is 1.53. The van der Waals surface area contributed by atoms with Crippen molar-refractivity contribution in [2.75, 3.05) is 13.2 Å². The van der Waals surface area contributed by atoms with E-state index < -0.39 is 32.8 Å². The van der Waals surface area contributed by atoms with Crippen LogP contribution in [0.1, 0.15) is 20.3 Å². The zero-order valence-electron chi connectivity index (χ0n) is 11.6. The van der Waals surface area contributed by atoms with Crippen molar-refractivity contribution >= 4 is 27.3 Å². The van der Waals surface area contributed by atoms with Gasteiger partial charge in [-0.2, -0.15) is 8.70 Å². The molecule has 1 atom stereocenters. The number of halogens is 1. The first-order chi connectivity index (χ1) is 9.63. The Hall–Kier alpha value is -1.03. The van der Waals surface area contributed by atoms with Gasteiger partial charge >= 0.3 is 5.97 Å². The van der Waals surface area contributed by atoms with E-state index in [9.17, 15) is 17.6 Å². The number of hydrogen-bond acceptors (Lipinski definition) is 5. The van der Waals surface area contributed by atoms with Crippen LogP contribution < -0.4 is 0 Å². The number of carboxylic acid groups (broad SMARTS) is 1. The second-order valence-electron chi connectivity index (χ2n) is 5.44. The Balaban J connectivity index is 2.31. The number of rotatable bonds is 4. The van der Waals surface area contributed by atoms with E-state index in [0.29, 0.717) is 11.3 Å². The van der Waals surface area contributed by atoms with Crippen LogP contribution in [0.2, 0.25) is 0 Å². The van der Waals surface area contributed by atoms with E-state index in [1.165, 1.54) is 10.4 Å². The molecule has 1 aliphatic rings. The molecule has 9 heteroatoms. The summed E-state index contributed by atoms with van der Waals surface area (Å²) < 4.78 is 44.8. The largest absolute Gasteiger partial charge is 0.481 e. The van der Waals surface area contributed by atoms with E-state index in [4.69, 9.17) is 9.84 Å². The number of nitrogens with zero attached hydrogens (tertiary/aromatic N) is 1. The van der Waals surface area contributed by atoms with E-state index in [1.807, 2.05) is 0 Å². The summed E-state index contributed by atoms with van der Waals surface area (Å²) in [5.74, 6) is -1.06. The van der Waals surface area contributed by atoms with Crippen LogP contribution in [0.4, 0.5) is 4.39 Å².